The number of nitrogens with one attached hydrogen (secondary N) is 1. The quantitative estimate of drug-likeness (QED) is 0.210. The Morgan fingerprint density at radius 1 is 1.02 bits per heavy atom. The predicted molar refractivity (Wildman–Crippen MR) is 188 cm³/mol. The second kappa shape index (κ2) is 12.4. The summed E-state index contributed by atoms with van der Waals surface area (Å²) in [4.78, 5) is 5.20. The number of halogens is 1. The van der Waals surface area contributed by atoms with Gasteiger partial charge in [0, 0.05) is 22.7 Å². The lowest BCUT2D eigenvalue weighted by atomic mass is 9.76. The maximum absolute atomic E-state index is 5.92. The van der Waals surface area contributed by atoms with Crippen molar-refractivity contribution in [3.8, 4) is 0 Å². The topological polar surface area (TPSA) is 29.3 Å². The first-order valence-corrected chi connectivity index (χ1v) is 15.4. The summed E-state index contributed by atoms with van der Waals surface area (Å²) in [5.41, 5.74) is 13.8. The number of anilines is 1. The molecule has 218 valence electrons. The summed E-state index contributed by atoms with van der Waals surface area (Å²) in [6, 6.07) is 17.4. The van der Waals surface area contributed by atoms with E-state index in [0.29, 0.717) is 5.88 Å². The van der Waals surface area contributed by atoms with Crippen LogP contribution in [0.25, 0.3) is 11.6 Å². The minimum Gasteiger partial charge on any atom is -0.399 e. The van der Waals surface area contributed by atoms with Crippen molar-refractivity contribution in [2.75, 3.05) is 11.2 Å². The van der Waals surface area contributed by atoms with Gasteiger partial charge < -0.3 is 9.79 Å². The lowest BCUT2D eigenvalue weighted by molar-refractivity contribution is 0.563. The summed E-state index contributed by atoms with van der Waals surface area (Å²) < 4.78 is 2.15. The van der Waals surface area contributed by atoms with Crippen molar-refractivity contribution in [3.63, 3.8) is 0 Å². The van der Waals surface area contributed by atoms with Gasteiger partial charge in [0.2, 0.25) is 7.98 Å². The molecule has 0 amide bonds. The van der Waals surface area contributed by atoms with Gasteiger partial charge in [0.05, 0.1) is 17.3 Å². The molecule has 3 nitrogen and oxygen atoms in total. The van der Waals surface area contributed by atoms with Gasteiger partial charge in [0.1, 0.15) is 0 Å². The smallest absolute Gasteiger partial charge is 0.223 e. The van der Waals surface area contributed by atoms with Gasteiger partial charge in [-0.1, -0.05) is 85.4 Å². The summed E-state index contributed by atoms with van der Waals surface area (Å²) in [6.45, 7) is 22.2. The highest BCUT2D eigenvalue weighted by molar-refractivity contribution is 6.19. The molecule has 1 aromatic heterocycles. The van der Waals surface area contributed by atoms with Crippen LogP contribution in [0, 0.1) is 0 Å². The van der Waals surface area contributed by atoms with Crippen LogP contribution in [-0.4, -0.2) is 24.1 Å². The van der Waals surface area contributed by atoms with Gasteiger partial charge in [-0.25, -0.2) is 4.99 Å². The Kier molecular flexibility index (Phi) is 9.28. The Balaban J connectivity index is 1.81. The zero-order valence-corrected chi connectivity index (χ0v) is 27.6. The fraction of sp³-hybridized carbons (Fsp3) is 0.324. The number of rotatable bonds is 8. The molecule has 5 heteroatoms. The van der Waals surface area contributed by atoms with Crippen molar-refractivity contribution < 1.29 is 0 Å². The number of nitrogens with zero attached hydrogens (tertiary/aromatic N) is 2. The fourth-order valence-corrected chi connectivity index (χ4v) is 5.54. The highest BCUT2D eigenvalue weighted by atomic mass is 35.5. The molecule has 1 N–H and O–H groups in total. The van der Waals surface area contributed by atoms with E-state index in [1.807, 2.05) is 0 Å². The fourth-order valence-electron chi connectivity index (χ4n) is 5.48. The van der Waals surface area contributed by atoms with Crippen LogP contribution in [0.4, 0.5) is 5.69 Å². The molecule has 2 aromatic carbocycles. The molecule has 0 aliphatic carbocycles. The van der Waals surface area contributed by atoms with Crippen LogP contribution in [0.1, 0.15) is 88.9 Å². The van der Waals surface area contributed by atoms with Crippen LogP contribution in [-0.2, 0) is 17.3 Å². The van der Waals surface area contributed by atoms with E-state index in [1.165, 1.54) is 22.3 Å². The summed E-state index contributed by atoms with van der Waals surface area (Å²) in [7, 11) is 2.08. The minimum atomic E-state index is 0.0678. The van der Waals surface area contributed by atoms with Crippen molar-refractivity contribution >= 4 is 42.6 Å². The average molecular weight is 578 g/mol. The lowest BCUT2D eigenvalue weighted by Gasteiger charge is -2.29. The molecule has 0 saturated carbocycles. The van der Waals surface area contributed by atoms with E-state index in [0.717, 1.165) is 51.6 Å². The van der Waals surface area contributed by atoms with Gasteiger partial charge in [0.25, 0.3) is 0 Å². The first kappa shape index (κ1) is 31.4. The second-order valence-corrected chi connectivity index (χ2v) is 13.6. The summed E-state index contributed by atoms with van der Waals surface area (Å²) in [6.07, 6.45) is 9.71. The Labute approximate surface area is 259 Å². The van der Waals surface area contributed by atoms with Crippen LogP contribution in [0.2, 0.25) is 0 Å². The molecule has 42 heavy (non-hydrogen) atoms. The van der Waals surface area contributed by atoms with Gasteiger partial charge in [0.15, 0.2) is 0 Å². The molecular formula is C37H45BClN3. The SMILES string of the molecule is Bn1cccc1/C(=C1N=C(/C=C/c2cc(C(C)(C)C)cc(C(C)(C)C)c2CC)C=C\1C)c1ccc(NC(=C)CCl)cc1. The lowest BCUT2D eigenvalue weighted by Crippen LogP contribution is -2.19. The molecule has 3 aromatic rings. The normalized spacial score (nSPS) is 15.2. The van der Waals surface area contributed by atoms with E-state index < -0.39 is 0 Å². The Bertz CT molecular complexity index is 1600. The highest BCUT2D eigenvalue weighted by Crippen LogP contribution is 2.36. The minimum absolute atomic E-state index is 0.0678. The monoisotopic (exact) mass is 577 g/mol. The molecule has 2 heterocycles. The van der Waals surface area contributed by atoms with Crippen LogP contribution in [0.5, 0.6) is 0 Å². The van der Waals surface area contributed by atoms with Crippen LogP contribution >= 0.6 is 11.6 Å². The molecule has 0 radical (unpaired) electrons. The summed E-state index contributed by atoms with van der Waals surface area (Å²) in [5.74, 6) is 0.368. The van der Waals surface area contributed by atoms with E-state index in [2.05, 4.69) is 153 Å². The Morgan fingerprint density at radius 3 is 2.26 bits per heavy atom. The number of benzene rings is 2. The number of hydrogen-bond acceptors (Lipinski definition) is 2. The molecule has 0 fully saturated rings. The maximum atomic E-state index is 5.92. The summed E-state index contributed by atoms with van der Waals surface area (Å²) >= 11 is 5.92. The predicted octanol–water partition coefficient (Wildman–Crippen LogP) is 9.08. The van der Waals surface area contributed by atoms with Gasteiger partial charge >= 0.3 is 0 Å². The molecule has 1 aliphatic rings. The average Bonchev–Trinajstić information content (AvgIpc) is 3.51. The number of allylic oxidation sites excluding steroid dienone is 4. The van der Waals surface area contributed by atoms with Crippen LogP contribution < -0.4 is 5.32 Å². The second-order valence-electron chi connectivity index (χ2n) is 13.3. The molecule has 1 aliphatic heterocycles. The molecule has 0 bridgehead atoms. The van der Waals surface area contributed by atoms with Crippen molar-refractivity contribution in [3.05, 3.63) is 124 Å². The largest absolute Gasteiger partial charge is 0.399 e. The molecule has 0 saturated heterocycles. The van der Waals surface area contributed by atoms with E-state index >= 15 is 0 Å². The molecule has 0 atom stereocenters. The number of hydrogen-bond donors (Lipinski definition) is 1. The van der Waals surface area contributed by atoms with Gasteiger partial charge in [-0.3, -0.25) is 0 Å². The summed E-state index contributed by atoms with van der Waals surface area (Å²) in [5, 5.41) is 3.26. The van der Waals surface area contributed by atoms with Crippen molar-refractivity contribution in [2.45, 2.75) is 72.6 Å². The molecular weight excluding hydrogens is 533 g/mol. The molecule has 0 unspecified atom stereocenters. The molecule has 4 rings (SSSR count). The first-order valence-electron chi connectivity index (χ1n) is 14.8. The van der Waals surface area contributed by atoms with Crippen molar-refractivity contribution in [1.29, 1.82) is 0 Å². The van der Waals surface area contributed by atoms with E-state index in [4.69, 9.17) is 16.6 Å². The molecule has 0 spiro atoms. The number of alkyl halides is 1. The van der Waals surface area contributed by atoms with Crippen molar-refractivity contribution in [2.24, 2.45) is 4.99 Å². The number of aromatic nitrogens is 1. The standard InChI is InChI=1S/C37H45BClN3/c1-10-31-27(21-28(36(4,5)6)22-32(31)37(7,8)9)15-18-30-20-24(2)35(41-30)34(33-12-11-19-42(33)38)26-13-16-29(17-14-26)40-25(3)23-39/h11-22,40H,3,10,23,38H2,1-2,4-9H3/b18-15+,35-34-. The Hall–Kier alpha value is -3.50. The van der Waals surface area contributed by atoms with Gasteiger partial charge in [-0.15, -0.1) is 11.6 Å². The third kappa shape index (κ3) is 6.93. The van der Waals surface area contributed by atoms with Gasteiger partial charge in [-0.05, 0) is 100 Å². The Morgan fingerprint density at radius 2 is 1.71 bits per heavy atom. The van der Waals surface area contributed by atoms with Crippen LogP contribution in [0.3, 0.4) is 0 Å². The highest BCUT2D eigenvalue weighted by Gasteiger charge is 2.24. The zero-order valence-electron chi connectivity index (χ0n) is 26.8. The third-order valence-electron chi connectivity index (χ3n) is 7.82. The maximum Gasteiger partial charge on any atom is 0.223 e. The van der Waals surface area contributed by atoms with Crippen molar-refractivity contribution in [1.82, 2.24) is 4.48 Å². The number of aliphatic imine (C=N–C) groups is 1. The van der Waals surface area contributed by atoms with E-state index in [9.17, 15) is 0 Å². The van der Waals surface area contributed by atoms with Crippen LogP contribution in [0.15, 0.2) is 95.4 Å². The third-order valence-corrected chi connectivity index (χ3v) is 8.14. The van der Waals surface area contributed by atoms with E-state index in [1.54, 1.807) is 0 Å². The van der Waals surface area contributed by atoms with E-state index in [-0.39, 0.29) is 10.8 Å². The van der Waals surface area contributed by atoms with Gasteiger partial charge in [-0.2, -0.15) is 0 Å². The zero-order chi connectivity index (χ0) is 30.8. The first-order chi connectivity index (χ1) is 19.7.